The molecule has 166 valence electrons. The first-order chi connectivity index (χ1) is 16.8. The molecule has 0 aliphatic heterocycles. The second kappa shape index (κ2) is 8.53. The van der Waals surface area contributed by atoms with Crippen molar-refractivity contribution >= 4 is 21.9 Å². The molecule has 34 heavy (non-hydrogen) atoms. The number of fused-ring (bicyclic) bond motifs is 2. The van der Waals surface area contributed by atoms with Gasteiger partial charge < -0.3 is 10.3 Å². The summed E-state index contributed by atoms with van der Waals surface area (Å²) in [6.45, 7) is 3.82. The van der Waals surface area contributed by atoms with Crippen molar-refractivity contribution in [1.29, 1.82) is 0 Å². The highest BCUT2D eigenvalue weighted by atomic mass is 15.1. The van der Waals surface area contributed by atoms with Gasteiger partial charge >= 0.3 is 0 Å². The minimum absolute atomic E-state index is 0.723. The Hall–Kier alpha value is -4.36. The third-order valence-corrected chi connectivity index (χ3v) is 5.95. The molecule has 2 aromatic carbocycles. The van der Waals surface area contributed by atoms with E-state index in [2.05, 4.69) is 61.7 Å². The number of para-hydroxylation sites is 1. The summed E-state index contributed by atoms with van der Waals surface area (Å²) in [7, 11) is 0. The molecule has 0 spiro atoms. The first kappa shape index (κ1) is 20.3. The highest BCUT2D eigenvalue weighted by Gasteiger charge is 2.16. The first-order valence-corrected chi connectivity index (χ1v) is 11.3. The molecule has 0 amide bonds. The minimum atomic E-state index is 0.723. The van der Waals surface area contributed by atoms with E-state index in [1.165, 1.54) is 0 Å². The molecular weight excluding hydrogens is 422 g/mol. The quantitative estimate of drug-likeness (QED) is 0.322. The Balaban J connectivity index is 1.44. The van der Waals surface area contributed by atoms with Crippen LogP contribution in [-0.4, -0.2) is 36.7 Å². The van der Waals surface area contributed by atoms with Crippen LogP contribution in [0.4, 0.5) is 0 Å². The molecule has 0 bridgehead atoms. The third-order valence-electron chi connectivity index (χ3n) is 5.95. The van der Waals surface area contributed by atoms with Gasteiger partial charge in [0.05, 0.1) is 22.2 Å². The molecular formula is C27H23N7. The Labute approximate surface area is 196 Å². The monoisotopic (exact) mass is 445 g/mol. The van der Waals surface area contributed by atoms with Crippen molar-refractivity contribution in [1.82, 2.24) is 35.5 Å². The normalized spacial score (nSPS) is 11.4. The van der Waals surface area contributed by atoms with Crippen molar-refractivity contribution in [2.24, 2.45) is 0 Å². The van der Waals surface area contributed by atoms with Gasteiger partial charge in [0, 0.05) is 41.6 Å². The maximum absolute atomic E-state index is 4.93. The predicted molar refractivity (Wildman–Crippen MR) is 135 cm³/mol. The first-order valence-electron chi connectivity index (χ1n) is 11.3. The van der Waals surface area contributed by atoms with Crippen molar-refractivity contribution < 1.29 is 0 Å². The average molecular weight is 446 g/mol. The van der Waals surface area contributed by atoms with Crippen LogP contribution in [0.5, 0.6) is 0 Å². The van der Waals surface area contributed by atoms with Crippen molar-refractivity contribution in [3.63, 3.8) is 0 Å². The van der Waals surface area contributed by atoms with E-state index >= 15 is 0 Å². The van der Waals surface area contributed by atoms with Crippen LogP contribution in [0, 0.1) is 0 Å². The van der Waals surface area contributed by atoms with Gasteiger partial charge in [-0.2, -0.15) is 5.10 Å². The summed E-state index contributed by atoms with van der Waals surface area (Å²) in [5.74, 6) is 0.723. The summed E-state index contributed by atoms with van der Waals surface area (Å²) in [5.41, 5.74) is 8.78. The summed E-state index contributed by atoms with van der Waals surface area (Å²) in [4.78, 5) is 17.3. The van der Waals surface area contributed by atoms with Crippen LogP contribution >= 0.6 is 0 Å². The fourth-order valence-corrected chi connectivity index (χ4v) is 4.26. The Morgan fingerprint density at radius 3 is 2.76 bits per heavy atom. The maximum Gasteiger partial charge on any atom is 0.159 e. The van der Waals surface area contributed by atoms with Gasteiger partial charge in [-0.15, -0.1) is 0 Å². The van der Waals surface area contributed by atoms with E-state index in [1.54, 1.807) is 6.20 Å². The number of pyridine rings is 2. The van der Waals surface area contributed by atoms with Crippen LogP contribution in [0.2, 0.25) is 0 Å². The molecule has 7 heteroatoms. The lowest BCUT2D eigenvalue weighted by molar-refractivity contribution is 0.724. The molecule has 0 aliphatic rings. The van der Waals surface area contributed by atoms with Crippen LogP contribution in [0.15, 0.2) is 79.3 Å². The number of H-pyrrole nitrogens is 2. The van der Waals surface area contributed by atoms with Crippen LogP contribution < -0.4 is 5.32 Å². The Morgan fingerprint density at radius 2 is 1.88 bits per heavy atom. The zero-order valence-corrected chi connectivity index (χ0v) is 18.7. The van der Waals surface area contributed by atoms with Crippen molar-refractivity contribution in [3.8, 4) is 33.9 Å². The molecule has 3 N–H and O–H groups in total. The molecule has 0 saturated carbocycles. The maximum atomic E-state index is 4.93. The lowest BCUT2D eigenvalue weighted by Crippen LogP contribution is -2.11. The number of benzene rings is 2. The van der Waals surface area contributed by atoms with E-state index in [0.29, 0.717) is 0 Å². The van der Waals surface area contributed by atoms with Gasteiger partial charge in [-0.1, -0.05) is 31.2 Å². The standard InChI is InChI=1S/C27H23N7/c1-2-28-14-17-12-19(16-29-15-17)18-9-10-23-21(13-18)26(34-33-23)27-31-24-8-5-6-20(25(24)32-27)22-7-3-4-11-30-22/h3-13,15-16,28H,2,14H2,1H3,(H,31,32)(H,33,34). The molecule has 0 radical (unpaired) electrons. The molecule has 0 saturated heterocycles. The second-order valence-corrected chi connectivity index (χ2v) is 8.20. The molecule has 0 atom stereocenters. The van der Waals surface area contributed by atoms with Crippen molar-refractivity contribution in [2.45, 2.75) is 13.5 Å². The van der Waals surface area contributed by atoms with Crippen LogP contribution in [0.25, 0.3) is 55.8 Å². The number of nitrogens with zero attached hydrogens (tertiary/aromatic N) is 4. The molecule has 6 rings (SSSR count). The Bertz CT molecular complexity index is 1600. The highest BCUT2D eigenvalue weighted by Crippen LogP contribution is 2.32. The lowest BCUT2D eigenvalue weighted by Gasteiger charge is -2.06. The summed E-state index contributed by atoms with van der Waals surface area (Å²) >= 11 is 0. The number of aromatic amines is 2. The van der Waals surface area contributed by atoms with Crippen molar-refractivity contribution in [3.05, 3.63) is 84.8 Å². The molecule has 0 aliphatic carbocycles. The van der Waals surface area contributed by atoms with E-state index in [-0.39, 0.29) is 0 Å². The Kier molecular flexibility index (Phi) is 5.08. The third kappa shape index (κ3) is 3.62. The minimum Gasteiger partial charge on any atom is -0.337 e. The molecule has 0 fully saturated rings. The van der Waals surface area contributed by atoms with E-state index in [9.17, 15) is 0 Å². The number of hydrogen-bond acceptors (Lipinski definition) is 5. The predicted octanol–water partition coefficient (Wildman–Crippen LogP) is 5.34. The average Bonchev–Trinajstić information content (AvgIpc) is 3.51. The van der Waals surface area contributed by atoms with Crippen LogP contribution in [-0.2, 0) is 6.54 Å². The zero-order valence-electron chi connectivity index (χ0n) is 18.7. The summed E-state index contributed by atoms with van der Waals surface area (Å²) in [6, 6.07) is 20.5. The number of imidazole rings is 1. The highest BCUT2D eigenvalue weighted by molar-refractivity contribution is 5.98. The van der Waals surface area contributed by atoms with Gasteiger partial charge in [0.25, 0.3) is 0 Å². The van der Waals surface area contributed by atoms with Gasteiger partial charge in [0.1, 0.15) is 5.69 Å². The zero-order chi connectivity index (χ0) is 22.9. The number of rotatable bonds is 6. The Morgan fingerprint density at radius 1 is 0.912 bits per heavy atom. The largest absolute Gasteiger partial charge is 0.337 e. The van der Waals surface area contributed by atoms with Crippen molar-refractivity contribution in [2.75, 3.05) is 6.54 Å². The molecule has 0 unspecified atom stereocenters. The number of aromatic nitrogens is 6. The SMILES string of the molecule is CCNCc1cncc(-c2ccc3[nH]nc(-c4nc5c(-c6ccccn6)cccc5[nH]4)c3c2)c1. The fourth-order valence-electron chi connectivity index (χ4n) is 4.26. The van der Waals surface area contributed by atoms with E-state index in [0.717, 1.165) is 74.5 Å². The van der Waals surface area contributed by atoms with E-state index in [4.69, 9.17) is 4.98 Å². The number of hydrogen-bond donors (Lipinski definition) is 3. The van der Waals surface area contributed by atoms with Gasteiger partial charge in [-0.3, -0.25) is 15.1 Å². The fraction of sp³-hybridized carbons (Fsp3) is 0.111. The summed E-state index contributed by atoms with van der Waals surface area (Å²) < 4.78 is 0. The van der Waals surface area contributed by atoms with Crippen LogP contribution in [0.1, 0.15) is 12.5 Å². The lowest BCUT2D eigenvalue weighted by atomic mass is 10.0. The van der Waals surface area contributed by atoms with Crippen LogP contribution in [0.3, 0.4) is 0 Å². The van der Waals surface area contributed by atoms with Gasteiger partial charge in [-0.05, 0) is 54.1 Å². The van der Waals surface area contributed by atoms with E-state index < -0.39 is 0 Å². The smallest absolute Gasteiger partial charge is 0.159 e. The molecule has 7 nitrogen and oxygen atoms in total. The van der Waals surface area contributed by atoms with Gasteiger partial charge in [0.15, 0.2) is 5.82 Å². The molecule has 4 heterocycles. The summed E-state index contributed by atoms with van der Waals surface area (Å²) in [5, 5.41) is 12.1. The second-order valence-electron chi connectivity index (χ2n) is 8.20. The van der Waals surface area contributed by atoms with Gasteiger partial charge in [-0.25, -0.2) is 4.98 Å². The topological polar surface area (TPSA) is 95.2 Å². The van der Waals surface area contributed by atoms with E-state index in [1.807, 2.05) is 48.8 Å². The van der Waals surface area contributed by atoms with Gasteiger partial charge in [0.2, 0.25) is 0 Å². The summed E-state index contributed by atoms with van der Waals surface area (Å²) in [6.07, 6.45) is 5.60. The molecule has 4 aromatic heterocycles. The molecule has 6 aromatic rings. The number of nitrogens with one attached hydrogen (secondary N) is 3.